The predicted molar refractivity (Wildman–Crippen MR) is 102 cm³/mol. The van der Waals surface area contributed by atoms with Gasteiger partial charge in [-0.05, 0) is 36.5 Å². The van der Waals surface area contributed by atoms with Gasteiger partial charge in [0, 0.05) is 18.6 Å². The van der Waals surface area contributed by atoms with Gasteiger partial charge in [0.15, 0.2) is 0 Å². The van der Waals surface area contributed by atoms with Crippen molar-refractivity contribution < 1.29 is 10.1 Å². The van der Waals surface area contributed by atoms with Crippen LogP contribution < -0.4 is 5.32 Å². The Balaban J connectivity index is 1.88. The molecule has 24 heavy (non-hydrogen) atoms. The third kappa shape index (κ3) is 6.22. The van der Waals surface area contributed by atoms with Crippen LogP contribution in [0.15, 0.2) is 30.3 Å². The minimum atomic E-state index is 0.458. The zero-order valence-corrected chi connectivity index (χ0v) is 16.3. The molecule has 0 amide bonds. The van der Waals surface area contributed by atoms with Crippen molar-refractivity contribution in [1.29, 1.82) is 0 Å². The predicted octanol–water partition coefficient (Wildman–Crippen LogP) is 4.40. The van der Waals surface area contributed by atoms with Crippen molar-refractivity contribution in [3.8, 4) is 0 Å². The second-order valence-corrected chi connectivity index (χ2v) is 8.56. The minimum Gasteiger partial charge on any atom is -0.378 e. The van der Waals surface area contributed by atoms with Crippen molar-refractivity contribution in [2.24, 2.45) is 17.3 Å². The Morgan fingerprint density at radius 1 is 1.12 bits per heavy atom. The van der Waals surface area contributed by atoms with E-state index in [9.17, 15) is 0 Å². The lowest BCUT2D eigenvalue weighted by molar-refractivity contribution is -0.672. The molecule has 1 aromatic carbocycles. The molecule has 0 bridgehead atoms. The normalized spacial score (nSPS) is 24.7. The standard InChI is InChI=1S/C22H37NO/c1-18(2)10-11-22(13-15-24-21(16-22)19(3)4)12-14-23-17-20-8-6-5-7-9-20/h5-9,18-19,21,23H,10-17H2,1-4H3/p+1/t21-,22+/m1/s1. The van der Waals surface area contributed by atoms with Crippen LogP contribution in [0.1, 0.15) is 65.4 Å². The Morgan fingerprint density at radius 3 is 2.54 bits per heavy atom. The number of quaternary nitrogens is 1. The van der Waals surface area contributed by atoms with Crippen molar-refractivity contribution in [1.82, 2.24) is 0 Å². The Bertz CT molecular complexity index is 456. The molecule has 2 rings (SSSR count). The minimum absolute atomic E-state index is 0.458. The summed E-state index contributed by atoms with van der Waals surface area (Å²) in [4.78, 5) is 0. The molecule has 1 heterocycles. The highest BCUT2D eigenvalue weighted by Crippen LogP contribution is 2.43. The summed E-state index contributed by atoms with van der Waals surface area (Å²) in [7, 11) is 0. The Morgan fingerprint density at radius 2 is 1.88 bits per heavy atom. The Hall–Kier alpha value is -0.860. The molecule has 2 nitrogen and oxygen atoms in total. The highest BCUT2D eigenvalue weighted by Gasteiger charge is 2.37. The van der Waals surface area contributed by atoms with Crippen molar-refractivity contribution >= 4 is 0 Å². The maximum Gasteiger partial charge on any atom is 0.101 e. The molecule has 0 aromatic heterocycles. The molecule has 1 saturated heterocycles. The molecule has 0 aliphatic carbocycles. The zero-order valence-electron chi connectivity index (χ0n) is 16.3. The number of hydrogen-bond acceptors (Lipinski definition) is 1. The molecule has 0 unspecified atom stereocenters. The second-order valence-electron chi connectivity index (χ2n) is 8.56. The van der Waals surface area contributed by atoms with Crippen LogP contribution in [0.5, 0.6) is 0 Å². The lowest BCUT2D eigenvalue weighted by Crippen LogP contribution is -2.83. The Kier molecular flexibility index (Phi) is 7.77. The van der Waals surface area contributed by atoms with Crippen LogP contribution in [0, 0.1) is 17.3 Å². The summed E-state index contributed by atoms with van der Waals surface area (Å²) in [6, 6.07) is 10.8. The maximum atomic E-state index is 6.07. The molecule has 2 heteroatoms. The first-order valence-corrected chi connectivity index (χ1v) is 9.98. The van der Waals surface area contributed by atoms with E-state index in [1.807, 2.05) is 0 Å². The first-order valence-electron chi connectivity index (χ1n) is 9.98. The summed E-state index contributed by atoms with van der Waals surface area (Å²) in [5, 5.41) is 2.49. The van der Waals surface area contributed by atoms with Crippen LogP contribution in [0.4, 0.5) is 0 Å². The van der Waals surface area contributed by atoms with Gasteiger partial charge in [0.25, 0.3) is 0 Å². The van der Waals surface area contributed by atoms with Gasteiger partial charge in [0.2, 0.25) is 0 Å². The van der Waals surface area contributed by atoms with Crippen LogP contribution in [0.3, 0.4) is 0 Å². The Labute approximate surface area is 149 Å². The lowest BCUT2D eigenvalue weighted by atomic mass is 9.69. The summed E-state index contributed by atoms with van der Waals surface area (Å²) < 4.78 is 6.07. The number of hydrogen-bond donors (Lipinski definition) is 1. The van der Waals surface area contributed by atoms with Crippen LogP contribution in [-0.4, -0.2) is 19.3 Å². The summed E-state index contributed by atoms with van der Waals surface area (Å²) in [5.74, 6) is 1.44. The molecule has 1 fully saturated rings. The molecule has 1 aromatic rings. The van der Waals surface area contributed by atoms with Gasteiger partial charge >= 0.3 is 0 Å². The fraction of sp³-hybridized carbons (Fsp3) is 0.727. The second kappa shape index (κ2) is 9.58. The van der Waals surface area contributed by atoms with Gasteiger partial charge in [-0.2, -0.15) is 0 Å². The van der Waals surface area contributed by atoms with Crippen LogP contribution in [-0.2, 0) is 11.3 Å². The zero-order chi connectivity index (χ0) is 17.4. The van der Waals surface area contributed by atoms with E-state index in [4.69, 9.17) is 4.74 Å². The van der Waals surface area contributed by atoms with E-state index < -0.39 is 0 Å². The van der Waals surface area contributed by atoms with Crippen LogP contribution in [0.25, 0.3) is 0 Å². The van der Waals surface area contributed by atoms with E-state index in [2.05, 4.69) is 63.3 Å². The fourth-order valence-electron chi connectivity index (χ4n) is 3.91. The monoisotopic (exact) mass is 332 g/mol. The van der Waals surface area contributed by atoms with Gasteiger partial charge < -0.3 is 10.1 Å². The first kappa shape index (κ1) is 19.5. The highest BCUT2D eigenvalue weighted by molar-refractivity contribution is 5.12. The van der Waals surface area contributed by atoms with Gasteiger partial charge in [-0.1, -0.05) is 64.4 Å². The van der Waals surface area contributed by atoms with E-state index >= 15 is 0 Å². The molecule has 136 valence electrons. The van der Waals surface area contributed by atoms with Crippen molar-refractivity contribution in [2.75, 3.05) is 13.2 Å². The van der Waals surface area contributed by atoms with Gasteiger partial charge in [0.1, 0.15) is 6.54 Å². The average Bonchev–Trinajstić information content (AvgIpc) is 2.58. The molecule has 0 saturated carbocycles. The van der Waals surface area contributed by atoms with Crippen molar-refractivity contribution in [2.45, 2.75) is 72.4 Å². The van der Waals surface area contributed by atoms with Crippen molar-refractivity contribution in [3.63, 3.8) is 0 Å². The molecule has 0 spiro atoms. The third-order valence-electron chi connectivity index (χ3n) is 5.70. The molecule has 1 aliphatic heterocycles. The smallest absolute Gasteiger partial charge is 0.101 e. The summed E-state index contributed by atoms with van der Waals surface area (Å²) in [6.45, 7) is 12.6. The largest absolute Gasteiger partial charge is 0.378 e. The molecule has 1 aliphatic rings. The van der Waals surface area contributed by atoms with Gasteiger partial charge in [-0.25, -0.2) is 0 Å². The van der Waals surface area contributed by atoms with Gasteiger partial charge in [0.05, 0.1) is 12.6 Å². The van der Waals surface area contributed by atoms with Gasteiger partial charge in [-0.15, -0.1) is 0 Å². The topological polar surface area (TPSA) is 25.8 Å². The van der Waals surface area contributed by atoms with E-state index in [-0.39, 0.29) is 0 Å². The molecule has 0 radical (unpaired) electrons. The quantitative estimate of drug-likeness (QED) is 0.667. The van der Waals surface area contributed by atoms with Crippen molar-refractivity contribution in [3.05, 3.63) is 35.9 Å². The molecule has 2 atom stereocenters. The SMILES string of the molecule is CC(C)CC[C@]1(CC[NH2+]Cc2ccccc2)CCO[C@@H](C(C)C)C1. The third-order valence-corrected chi connectivity index (χ3v) is 5.70. The first-order chi connectivity index (χ1) is 11.5. The summed E-state index contributed by atoms with van der Waals surface area (Å²) in [6.07, 6.45) is 7.03. The molecular weight excluding hydrogens is 294 g/mol. The van der Waals surface area contributed by atoms with E-state index in [1.54, 1.807) is 0 Å². The number of ether oxygens (including phenoxy) is 1. The molecule has 2 N–H and O–H groups in total. The average molecular weight is 333 g/mol. The highest BCUT2D eigenvalue weighted by atomic mass is 16.5. The lowest BCUT2D eigenvalue weighted by Gasteiger charge is -2.42. The number of rotatable bonds is 9. The maximum absolute atomic E-state index is 6.07. The molecular formula is C22H38NO+. The number of benzene rings is 1. The van der Waals surface area contributed by atoms with Crippen LogP contribution in [0.2, 0.25) is 0 Å². The van der Waals surface area contributed by atoms with E-state index in [0.29, 0.717) is 17.4 Å². The number of nitrogens with two attached hydrogens (primary N) is 1. The van der Waals surface area contributed by atoms with Gasteiger partial charge in [-0.3, -0.25) is 0 Å². The van der Waals surface area contributed by atoms with Crippen LogP contribution >= 0.6 is 0 Å². The summed E-state index contributed by atoms with van der Waals surface area (Å²) >= 11 is 0. The van der Waals surface area contributed by atoms with E-state index in [0.717, 1.165) is 19.1 Å². The fourth-order valence-corrected chi connectivity index (χ4v) is 3.91. The van der Waals surface area contributed by atoms with E-state index in [1.165, 1.54) is 44.2 Å². The summed E-state index contributed by atoms with van der Waals surface area (Å²) in [5.41, 5.74) is 1.94.